The summed E-state index contributed by atoms with van der Waals surface area (Å²) in [7, 11) is 0. The van der Waals surface area contributed by atoms with Crippen LogP contribution in [0.4, 0.5) is 5.69 Å². The van der Waals surface area contributed by atoms with Gasteiger partial charge in [0.05, 0.1) is 17.7 Å². The third-order valence-electron chi connectivity index (χ3n) is 2.36. The van der Waals surface area contributed by atoms with Crippen LogP contribution >= 0.6 is 15.9 Å². The third kappa shape index (κ3) is 3.45. The van der Waals surface area contributed by atoms with E-state index in [0.717, 1.165) is 0 Å². The van der Waals surface area contributed by atoms with E-state index in [2.05, 4.69) is 20.9 Å². The summed E-state index contributed by atoms with van der Waals surface area (Å²) in [6, 6.07) is 7.84. The van der Waals surface area contributed by atoms with Crippen molar-refractivity contribution in [2.75, 3.05) is 6.61 Å². The Kier molecular flexibility index (Phi) is 4.52. The van der Waals surface area contributed by atoms with E-state index in [4.69, 9.17) is 9.47 Å². The van der Waals surface area contributed by atoms with Crippen molar-refractivity contribution in [2.24, 2.45) is 0 Å². The smallest absolute Gasteiger partial charge is 0.311 e. The summed E-state index contributed by atoms with van der Waals surface area (Å²) in [6.07, 6.45) is 1.55. The van der Waals surface area contributed by atoms with Gasteiger partial charge in [0.15, 0.2) is 0 Å². The van der Waals surface area contributed by atoms with Gasteiger partial charge in [-0.15, -0.1) is 0 Å². The van der Waals surface area contributed by atoms with Crippen molar-refractivity contribution < 1.29 is 14.4 Å². The van der Waals surface area contributed by atoms with Gasteiger partial charge in [0.2, 0.25) is 5.75 Å². The zero-order chi connectivity index (χ0) is 14.5. The van der Waals surface area contributed by atoms with Crippen LogP contribution in [0.15, 0.2) is 41.1 Å². The Labute approximate surface area is 123 Å². The quantitative estimate of drug-likeness (QED) is 0.468. The minimum Gasteiger partial charge on any atom is -0.487 e. The van der Waals surface area contributed by atoms with Crippen molar-refractivity contribution >= 4 is 21.6 Å². The number of nitro benzene ring substituents is 1. The van der Waals surface area contributed by atoms with Crippen LogP contribution in [0.3, 0.4) is 0 Å². The Hall–Kier alpha value is -2.15. The van der Waals surface area contributed by atoms with Gasteiger partial charge in [-0.25, -0.2) is 4.98 Å². The predicted molar refractivity (Wildman–Crippen MR) is 76.3 cm³/mol. The summed E-state index contributed by atoms with van der Waals surface area (Å²) < 4.78 is 11.5. The fourth-order valence-electron chi connectivity index (χ4n) is 1.54. The molecule has 0 aliphatic rings. The van der Waals surface area contributed by atoms with Gasteiger partial charge < -0.3 is 9.47 Å². The number of pyridine rings is 1. The van der Waals surface area contributed by atoms with E-state index >= 15 is 0 Å². The van der Waals surface area contributed by atoms with Gasteiger partial charge in [0.25, 0.3) is 0 Å². The first-order chi connectivity index (χ1) is 9.60. The average molecular weight is 339 g/mol. The van der Waals surface area contributed by atoms with Crippen LogP contribution in [-0.2, 0) is 0 Å². The van der Waals surface area contributed by atoms with Crippen molar-refractivity contribution in [2.45, 2.75) is 6.92 Å². The van der Waals surface area contributed by atoms with Gasteiger partial charge in [0.1, 0.15) is 16.1 Å². The molecule has 0 radical (unpaired) electrons. The molecule has 0 N–H and O–H groups in total. The van der Waals surface area contributed by atoms with Gasteiger partial charge in [-0.05, 0) is 41.1 Å². The highest BCUT2D eigenvalue weighted by atomic mass is 79.9. The second-order valence-corrected chi connectivity index (χ2v) is 4.55. The number of halogens is 1. The van der Waals surface area contributed by atoms with Crippen LogP contribution in [0.1, 0.15) is 6.92 Å². The molecule has 0 atom stereocenters. The fraction of sp³-hybridized carbons (Fsp3) is 0.154. The fourth-order valence-corrected chi connectivity index (χ4v) is 1.77. The number of benzene rings is 1. The van der Waals surface area contributed by atoms with Crippen LogP contribution in [0, 0.1) is 10.1 Å². The maximum absolute atomic E-state index is 10.9. The van der Waals surface area contributed by atoms with Crippen LogP contribution in [-0.4, -0.2) is 16.5 Å². The Morgan fingerprint density at radius 2 is 2.05 bits per heavy atom. The maximum Gasteiger partial charge on any atom is 0.311 e. The Balaban J connectivity index is 2.26. The van der Waals surface area contributed by atoms with Gasteiger partial charge in [-0.1, -0.05) is 0 Å². The summed E-state index contributed by atoms with van der Waals surface area (Å²) >= 11 is 3.23. The van der Waals surface area contributed by atoms with E-state index < -0.39 is 4.92 Å². The molecular weight excluding hydrogens is 328 g/mol. The number of nitrogens with zero attached hydrogens (tertiary/aromatic N) is 2. The molecule has 7 heteroatoms. The number of rotatable bonds is 5. The molecular formula is C13H11BrN2O4. The number of ether oxygens (including phenoxy) is 2. The summed E-state index contributed by atoms with van der Waals surface area (Å²) in [4.78, 5) is 14.4. The summed E-state index contributed by atoms with van der Waals surface area (Å²) in [5, 5.41) is 10.9. The zero-order valence-corrected chi connectivity index (χ0v) is 12.2. The Bertz CT molecular complexity index is 616. The number of hydrogen-bond donors (Lipinski definition) is 0. The highest BCUT2D eigenvalue weighted by Gasteiger charge is 2.16. The highest BCUT2D eigenvalue weighted by Crippen LogP contribution is 2.33. The molecule has 0 aliphatic carbocycles. The number of hydrogen-bond acceptors (Lipinski definition) is 5. The molecule has 2 aromatic rings. The molecule has 0 fully saturated rings. The molecule has 6 nitrogen and oxygen atoms in total. The molecule has 20 heavy (non-hydrogen) atoms. The monoisotopic (exact) mass is 338 g/mol. The molecule has 0 amide bonds. The van der Waals surface area contributed by atoms with E-state index in [1.165, 1.54) is 18.2 Å². The van der Waals surface area contributed by atoms with Gasteiger partial charge in [-0.2, -0.15) is 0 Å². The van der Waals surface area contributed by atoms with Crippen molar-refractivity contribution in [3.05, 3.63) is 51.2 Å². The normalized spacial score (nSPS) is 10.1. The molecule has 0 aliphatic heterocycles. The lowest BCUT2D eigenvalue weighted by molar-refractivity contribution is -0.385. The van der Waals surface area contributed by atoms with Crippen molar-refractivity contribution in [3.8, 4) is 17.2 Å². The molecule has 0 unspecified atom stereocenters. The topological polar surface area (TPSA) is 74.5 Å². The minimum atomic E-state index is -0.490. The largest absolute Gasteiger partial charge is 0.487 e. The van der Waals surface area contributed by atoms with Gasteiger partial charge >= 0.3 is 5.69 Å². The summed E-state index contributed by atoms with van der Waals surface area (Å²) in [6.45, 7) is 2.10. The van der Waals surface area contributed by atoms with Crippen molar-refractivity contribution in [1.82, 2.24) is 4.98 Å². The molecule has 1 aromatic heterocycles. The average Bonchev–Trinajstić information content (AvgIpc) is 2.42. The van der Waals surface area contributed by atoms with Crippen LogP contribution in [0.5, 0.6) is 17.2 Å². The van der Waals surface area contributed by atoms with E-state index in [1.54, 1.807) is 25.3 Å². The van der Waals surface area contributed by atoms with Crippen LogP contribution < -0.4 is 9.47 Å². The zero-order valence-electron chi connectivity index (χ0n) is 10.6. The molecule has 0 spiro atoms. The van der Waals surface area contributed by atoms with E-state index in [0.29, 0.717) is 22.7 Å². The lowest BCUT2D eigenvalue weighted by Crippen LogP contribution is -1.98. The Morgan fingerprint density at radius 1 is 1.30 bits per heavy atom. The standard InChI is InChI=1S/C13H11BrN2O4/c1-2-19-12-7-9(3-5-11(12)16(17)18)20-10-4-6-13(14)15-8-10/h3-8H,2H2,1H3. The SMILES string of the molecule is CCOc1cc(Oc2ccc(Br)nc2)ccc1[N+](=O)[O-]. The number of aromatic nitrogens is 1. The second-order valence-electron chi connectivity index (χ2n) is 3.74. The molecule has 0 saturated carbocycles. The Morgan fingerprint density at radius 3 is 2.65 bits per heavy atom. The number of nitro groups is 1. The summed E-state index contributed by atoms with van der Waals surface area (Å²) in [5.74, 6) is 1.16. The van der Waals surface area contributed by atoms with Gasteiger partial charge in [0, 0.05) is 12.1 Å². The molecule has 104 valence electrons. The molecule has 2 rings (SSSR count). The molecule has 1 heterocycles. The van der Waals surface area contributed by atoms with E-state index in [9.17, 15) is 10.1 Å². The predicted octanol–water partition coefficient (Wildman–Crippen LogP) is 3.94. The third-order valence-corrected chi connectivity index (χ3v) is 2.83. The van der Waals surface area contributed by atoms with Crippen molar-refractivity contribution in [3.63, 3.8) is 0 Å². The molecule has 0 saturated heterocycles. The lowest BCUT2D eigenvalue weighted by atomic mass is 10.3. The molecule has 1 aromatic carbocycles. The first-order valence-corrected chi connectivity index (χ1v) is 6.60. The first-order valence-electron chi connectivity index (χ1n) is 5.81. The van der Waals surface area contributed by atoms with Crippen molar-refractivity contribution in [1.29, 1.82) is 0 Å². The lowest BCUT2D eigenvalue weighted by Gasteiger charge is -2.08. The summed E-state index contributed by atoms with van der Waals surface area (Å²) in [5.41, 5.74) is -0.0897. The highest BCUT2D eigenvalue weighted by molar-refractivity contribution is 9.10. The first kappa shape index (κ1) is 14.3. The van der Waals surface area contributed by atoms with E-state index in [1.807, 2.05) is 0 Å². The maximum atomic E-state index is 10.9. The van der Waals surface area contributed by atoms with Crippen LogP contribution in [0.2, 0.25) is 0 Å². The van der Waals surface area contributed by atoms with Crippen LogP contribution in [0.25, 0.3) is 0 Å². The second kappa shape index (κ2) is 6.33. The van der Waals surface area contributed by atoms with E-state index in [-0.39, 0.29) is 11.4 Å². The molecule has 0 bridgehead atoms. The van der Waals surface area contributed by atoms with Gasteiger partial charge in [-0.3, -0.25) is 10.1 Å². The minimum absolute atomic E-state index is 0.0897.